The second-order valence-electron chi connectivity index (χ2n) is 4.40. The molecule has 1 fully saturated rings. The Morgan fingerprint density at radius 2 is 1.71 bits per heavy atom. The first-order valence-corrected chi connectivity index (χ1v) is 6.28. The lowest BCUT2D eigenvalue weighted by molar-refractivity contribution is 0.0938. The minimum Gasteiger partial charge on any atom is -0.389 e. The van der Waals surface area contributed by atoms with Gasteiger partial charge in [-0.2, -0.15) is 0 Å². The molecule has 1 amide bonds. The molecule has 17 heavy (non-hydrogen) atoms. The molecule has 3 N–H and O–H groups in total. The summed E-state index contributed by atoms with van der Waals surface area (Å²) in [5, 5.41) is 3.04. The molecular weight excluding hydrogens is 232 g/mol. The summed E-state index contributed by atoms with van der Waals surface area (Å²) < 4.78 is 0. The lowest BCUT2D eigenvalue weighted by Crippen LogP contribution is -2.32. The van der Waals surface area contributed by atoms with Crippen LogP contribution in [0.5, 0.6) is 0 Å². The van der Waals surface area contributed by atoms with E-state index in [-0.39, 0.29) is 5.91 Å². The number of carbonyl (C=O) groups excluding carboxylic acids is 1. The number of hydrogen-bond acceptors (Lipinski definition) is 2. The van der Waals surface area contributed by atoms with Crippen molar-refractivity contribution in [3.63, 3.8) is 0 Å². The van der Waals surface area contributed by atoms with Crippen LogP contribution in [0.2, 0.25) is 0 Å². The second-order valence-corrected chi connectivity index (χ2v) is 4.84. The monoisotopic (exact) mass is 248 g/mol. The molecule has 0 unspecified atom stereocenters. The van der Waals surface area contributed by atoms with Crippen LogP contribution in [0, 0.1) is 0 Å². The zero-order chi connectivity index (χ0) is 12.3. The minimum absolute atomic E-state index is 0.00797. The highest BCUT2D eigenvalue weighted by atomic mass is 32.1. The average molecular weight is 248 g/mol. The molecule has 0 radical (unpaired) electrons. The third-order valence-electron chi connectivity index (χ3n) is 3.12. The summed E-state index contributed by atoms with van der Waals surface area (Å²) in [6.45, 7) is 0. The highest BCUT2D eigenvalue weighted by molar-refractivity contribution is 7.80. The number of rotatable bonds is 3. The minimum atomic E-state index is -0.00797. The van der Waals surface area contributed by atoms with E-state index in [0.717, 1.165) is 18.4 Å². The molecule has 0 saturated heterocycles. The maximum atomic E-state index is 11.9. The van der Waals surface area contributed by atoms with E-state index in [4.69, 9.17) is 18.0 Å². The SMILES string of the molecule is NC(=S)c1ccc(C(=O)NC2CCCC2)cc1. The van der Waals surface area contributed by atoms with E-state index in [2.05, 4.69) is 5.32 Å². The molecule has 0 bridgehead atoms. The molecule has 0 aromatic heterocycles. The van der Waals surface area contributed by atoms with Crippen molar-refractivity contribution in [2.45, 2.75) is 31.7 Å². The summed E-state index contributed by atoms with van der Waals surface area (Å²) in [4.78, 5) is 12.3. The van der Waals surface area contributed by atoms with Gasteiger partial charge in [0, 0.05) is 17.2 Å². The molecule has 1 aromatic carbocycles. The van der Waals surface area contributed by atoms with Crippen molar-refractivity contribution in [1.29, 1.82) is 0 Å². The zero-order valence-corrected chi connectivity index (χ0v) is 10.4. The van der Waals surface area contributed by atoms with Crippen LogP contribution in [0.1, 0.15) is 41.6 Å². The van der Waals surface area contributed by atoms with Crippen LogP contribution in [0.15, 0.2) is 24.3 Å². The molecule has 1 saturated carbocycles. The Hall–Kier alpha value is -1.42. The number of benzene rings is 1. The van der Waals surface area contributed by atoms with Crippen LogP contribution in [0.3, 0.4) is 0 Å². The van der Waals surface area contributed by atoms with Gasteiger partial charge < -0.3 is 11.1 Å². The topological polar surface area (TPSA) is 55.1 Å². The Morgan fingerprint density at radius 3 is 2.24 bits per heavy atom. The Balaban J connectivity index is 2.01. The van der Waals surface area contributed by atoms with Gasteiger partial charge in [0.2, 0.25) is 0 Å². The van der Waals surface area contributed by atoms with Crippen LogP contribution < -0.4 is 11.1 Å². The number of carbonyl (C=O) groups is 1. The molecule has 3 nitrogen and oxygen atoms in total. The first-order valence-electron chi connectivity index (χ1n) is 5.87. The summed E-state index contributed by atoms with van der Waals surface area (Å²) in [7, 11) is 0. The highest BCUT2D eigenvalue weighted by Gasteiger charge is 2.17. The van der Waals surface area contributed by atoms with Gasteiger partial charge in [-0.25, -0.2) is 0 Å². The van der Waals surface area contributed by atoms with E-state index >= 15 is 0 Å². The van der Waals surface area contributed by atoms with Crippen molar-refractivity contribution in [2.24, 2.45) is 5.73 Å². The number of hydrogen-bond donors (Lipinski definition) is 2. The van der Waals surface area contributed by atoms with Gasteiger partial charge in [0.05, 0.1) is 0 Å². The molecule has 0 atom stereocenters. The largest absolute Gasteiger partial charge is 0.389 e. The molecule has 1 aliphatic carbocycles. The maximum Gasteiger partial charge on any atom is 0.251 e. The molecule has 1 aliphatic rings. The number of thiocarbonyl (C=S) groups is 1. The van der Waals surface area contributed by atoms with E-state index < -0.39 is 0 Å². The van der Waals surface area contributed by atoms with Crippen molar-refractivity contribution >= 4 is 23.1 Å². The molecule has 0 aliphatic heterocycles. The standard InChI is InChI=1S/C13H16N2OS/c14-12(17)9-5-7-10(8-6-9)13(16)15-11-3-1-2-4-11/h5-8,11H,1-4H2,(H2,14,17)(H,15,16). The Kier molecular flexibility index (Phi) is 3.74. The third kappa shape index (κ3) is 3.03. The van der Waals surface area contributed by atoms with Gasteiger partial charge in [0.25, 0.3) is 5.91 Å². The van der Waals surface area contributed by atoms with E-state index in [0.29, 0.717) is 16.6 Å². The van der Waals surface area contributed by atoms with Crippen molar-refractivity contribution in [2.75, 3.05) is 0 Å². The van der Waals surface area contributed by atoms with E-state index in [9.17, 15) is 4.79 Å². The first-order chi connectivity index (χ1) is 8.16. The first kappa shape index (κ1) is 12.0. The number of nitrogens with two attached hydrogens (primary N) is 1. The van der Waals surface area contributed by atoms with Crippen LogP contribution in [-0.4, -0.2) is 16.9 Å². The Morgan fingerprint density at radius 1 is 1.18 bits per heavy atom. The van der Waals surface area contributed by atoms with Crippen LogP contribution in [-0.2, 0) is 0 Å². The zero-order valence-electron chi connectivity index (χ0n) is 9.61. The highest BCUT2D eigenvalue weighted by Crippen LogP contribution is 2.18. The van der Waals surface area contributed by atoms with Crippen molar-refractivity contribution in [3.05, 3.63) is 35.4 Å². The summed E-state index contributed by atoms with van der Waals surface area (Å²) in [5.74, 6) is -0.00797. The summed E-state index contributed by atoms with van der Waals surface area (Å²) in [6, 6.07) is 7.44. The second kappa shape index (κ2) is 5.27. The lowest BCUT2D eigenvalue weighted by atomic mass is 10.1. The molecule has 90 valence electrons. The summed E-state index contributed by atoms with van der Waals surface area (Å²) in [6.07, 6.45) is 4.62. The van der Waals surface area contributed by atoms with Gasteiger partial charge >= 0.3 is 0 Å². The fourth-order valence-corrected chi connectivity index (χ4v) is 2.26. The molecular formula is C13H16N2OS. The van der Waals surface area contributed by atoms with Gasteiger partial charge in [-0.3, -0.25) is 4.79 Å². The van der Waals surface area contributed by atoms with E-state index in [1.165, 1.54) is 12.8 Å². The van der Waals surface area contributed by atoms with Gasteiger partial charge in [-0.15, -0.1) is 0 Å². The molecule has 0 heterocycles. The molecule has 2 rings (SSSR count). The normalized spacial score (nSPS) is 15.8. The molecule has 1 aromatic rings. The average Bonchev–Trinajstić information content (AvgIpc) is 2.82. The van der Waals surface area contributed by atoms with Gasteiger partial charge in [-0.1, -0.05) is 37.2 Å². The quantitative estimate of drug-likeness (QED) is 0.804. The van der Waals surface area contributed by atoms with Gasteiger partial charge in [0.15, 0.2) is 0 Å². The summed E-state index contributed by atoms with van der Waals surface area (Å²) >= 11 is 4.86. The number of nitrogens with one attached hydrogen (secondary N) is 1. The molecule has 0 spiro atoms. The lowest BCUT2D eigenvalue weighted by Gasteiger charge is -2.11. The predicted octanol–water partition coefficient (Wildman–Crippen LogP) is 1.99. The fraction of sp³-hybridized carbons (Fsp3) is 0.385. The van der Waals surface area contributed by atoms with E-state index in [1.807, 2.05) is 0 Å². The maximum absolute atomic E-state index is 11.9. The van der Waals surface area contributed by atoms with Gasteiger partial charge in [0.1, 0.15) is 4.99 Å². The van der Waals surface area contributed by atoms with Crippen LogP contribution in [0.4, 0.5) is 0 Å². The van der Waals surface area contributed by atoms with E-state index in [1.54, 1.807) is 24.3 Å². The Bertz CT molecular complexity index is 422. The van der Waals surface area contributed by atoms with Crippen LogP contribution >= 0.6 is 12.2 Å². The number of amides is 1. The smallest absolute Gasteiger partial charge is 0.251 e. The summed E-state index contributed by atoms with van der Waals surface area (Å²) in [5.41, 5.74) is 6.96. The third-order valence-corrected chi connectivity index (χ3v) is 3.36. The van der Waals surface area contributed by atoms with Crippen molar-refractivity contribution < 1.29 is 4.79 Å². The van der Waals surface area contributed by atoms with Gasteiger partial charge in [-0.05, 0) is 25.0 Å². The van der Waals surface area contributed by atoms with Crippen molar-refractivity contribution in [3.8, 4) is 0 Å². The van der Waals surface area contributed by atoms with Crippen molar-refractivity contribution in [1.82, 2.24) is 5.32 Å². The molecule has 4 heteroatoms. The van der Waals surface area contributed by atoms with Crippen LogP contribution in [0.25, 0.3) is 0 Å². The fourth-order valence-electron chi connectivity index (χ4n) is 2.12. The Labute approximate surface area is 106 Å². The predicted molar refractivity (Wildman–Crippen MR) is 72.1 cm³/mol.